The van der Waals surface area contributed by atoms with Crippen LogP contribution in [-0.2, 0) is 11.2 Å². The Hall–Kier alpha value is -1.62. The second-order valence-electron chi connectivity index (χ2n) is 5.63. The lowest BCUT2D eigenvalue weighted by Crippen LogP contribution is -2.30. The Morgan fingerprint density at radius 3 is 2.67 bits per heavy atom. The number of aromatic nitrogens is 1. The van der Waals surface area contributed by atoms with Gasteiger partial charge in [0.25, 0.3) is 0 Å². The highest BCUT2D eigenvalue weighted by Gasteiger charge is 2.21. The molecule has 0 saturated carbocycles. The summed E-state index contributed by atoms with van der Waals surface area (Å²) < 4.78 is 1.13. The molecular weight excluding hydrogens is 363 g/mol. The number of nitrogens with zero attached hydrogens (tertiary/aromatic N) is 2. The third-order valence-electron chi connectivity index (χ3n) is 3.98. The second kappa shape index (κ2) is 7.09. The monoisotopic (exact) mass is 378 g/mol. The van der Waals surface area contributed by atoms with Crippen LogP contribution in [0.25, 0.3) is 10.2 Å². The van der Waals surface area contributed by atoms with Crippen molar-refractivity contribution in [2.24, 2.45) is 0 Å². The van der Waals surface area contributed by atoms with Gasteiger partial charge in [0.05, 0.1) is 32.7 Å². The predicted molar refractivity (Wildman–Crippen MR) is 101 cm³/mol. The number of rotatable bonds is 4. The van der Waals surface area contributed by atoms with Gasteiger partial charge < -0.3 is 4.90 Å². The van der Waals surface area contributed by atoms with Crippen LogP contribution in [0, 0.1) is 0 Å². The van der Waals surface area contributed by atoms with Crippen molar-refractivity contribution in [2.45, 2.75) is 19.4 Å². The van der Waals surface area contributed by atoms with Crippen molar-refractivity contribution in [2.75, 3.05) is 7.05 Å². The van der Waals surface area contributed by atoms with E-state index in [0.717, 1.165) is 20.8 Å². The van der Waals surface area contributed by atoms with Gasteiger partial charge in [-0.15, -0.1) is 11.3 Å². The Morgan fingerprint density at radius 1 is 1.21 bits per heavy atom. The first kappa shape index (κ1) is 17.2. The lowest BCUT2D eigenvalue weighted by atomic mass is 10.1. The number of thiazole rings is 1. The van der Waals surface area contributed by atoms with Crippen LogP contribution in [0.3, 0.4) is 0 Å². The number of para-hydroxylation sites is 1. The third-order valence-corrected chi connectivity index (χ3v) is 5.93. The first-order valence-electron chi connectivity index (χ1n) is 7.51. The van der Waals surface area contributed by atoms with Gasteiger partial charge in [-0.1, -0.05) is 41.4 Å². The molecule has 2 aromatic carbocycles. The van der Waals surface area contributed by atoms with E-state index >= 15 is 0 Å². The zero-order chi connectivity index (χ0) is 17.3. The molecule has 0 aliphatic rings. The number of hydrogen-bond acceptors (Lipinski definition) is 3. The quantitative estimate of drug-likeness (QED) is 0.611. The minimum absolute atomic E-state index is 0.0140. The summed E-state index contributed by atoms with van der Waals surface area (Å²) in [6.07, 6.45) is 0.280. The fraction of sp³-hybridized carbons (Fsp3) is 0.222. The topological polar surface area (TPSA) is 33.2 Å². The van der Waals surface area contributed by atoms with Crippen LogP contribution >= 0.6 is 34.5 Å². The van der Waals surface area contributed by atoms with Crippen LogP contribution in [0.15, 0.2) is 42.5 Å². The summed E-state index contributed by atoms with van der Waals surface area (Å²) >= 11 is 13.5. The zero-order valence-electron chi connectivity index (χ0n) is 13.3. The van der Waals surface area contributed by atoms with Gasteiger partial charge >= 0.3 is 0 Å². The minimum Gasteiger partial charge on any atom is -0.336 e. The van der Waals surface area contributed by atoms with Crippen molar-refractivity contribution in [3.63, 3.8) is 0 Å². The Balaban J connectivity index is 1.75. The normalized spacial score (nSPS) is 12.3. The van der Waals surface area contributed by atoms with E-state index in [1.807, 2.05) is 37.3 Å². The van der Waals surface area contributed by atoms with Crippen molar-refractivity contribution >= 4 is 50.7 Å². The van der Waals surface area contributed by atoms with Crippen molar-refractivity contribution < 1.29 is 4.79 Å². The van der Waals surface area contributed by atoms with E-state index in [1.165, 1.54) is 0 Å². The van der Waals surface area contributed by atoms with Crippen molar-refractivity contribution in [3.8, 4) is 0 Å². The van der Waals surface area contributed by atoms with E-state index in [-0.39, 0.29) is 18.4 Å². The molecule has 1 aromatic heterocycles. The van der Waals surface area contributed by atoms with Crippen LogP contribution in [0.5, 0.6) is 0 Å². The summed E-state index contributed by atoms with van der Waals surface area (Å²) in [6.45, 7) is 1.99. The Bertz CT molecular complexity index is 861. The minimum atomic E-state index is -0.0855. The zero-order valence-corrected chi connectivity index (χ0v) is 15.6. The molecule has 1 atom stereocenters. The van der Waals surface area contributed by atoms with Gasteiger partial charge in [0.15, 0.2) is 0 Å². The van der Waals surface area contributed by atoms with Gasteiger partial charge in [0.1, 0.15) is 5.01 Å². The molecule has 0 fully saturated rings. The van der Waals surface area contributed by atoms with E-state index in [9.17, 15) is 4.79 Å². The SMILES string of the molecule is C[C@@H](c1nc2ccccc2s1)N(C)C(=O)Cc1ccc(Cl)c(Cl)c1. The van der Waals surface area contributed by atoms with E-state index in [0.29, 0.717) is 10.0 Å². The van der Waals surface area contributed by atoms with Crippen molar-refractivity contribution in [3.05, 3.63) is 63.1 Å². The van der Waals surface area contributed by atoms with Gasteiger partial charge in [-0.25, -0.2) is 4.98 Å². The van der Waals surface area contributed by atoms with Gasteiger partial charge in [-0.05, 0) is 36.8 Å². The highest BCUT2D eigenvalue weighted by Crippen LogP contribution is 2.29. The first-order valence-corrected chi connectivity index (χ1v) is 9.08. The maximum Gasteiger partial charge on any atom is 0.227 e. The van der Waals surface area contributed by atoms with Gasteiger partial charge in [-0.3, -0.25) is 4.79 Å². The fourth-order valence-electron chi connectivity index (χ4n) is 2.40. The number of likely N-dealkylation sites (N-methyl/N-ethyl adjacent to an activating group) is 1. The smallest absolute Gasteiger partial charge is 0.227 e. The fourth-order valence-corrected chi connectivity index (χ4v) is 3.78. The third kappa shape index (κ3) is 3.56. The van der Waals surface area contributed by atoms with Crippen LogP contribution in [0.1, 0.15) is 23.5 Å². The number of halogens is 2. The van der Waals surface area contributed by atoms with E-state index in [4.69, 9.17) is 23.2 Å². The Morgan fingerprint density at radius 2 is 1.96 bits per heavy atom. The maximum atomic E-state index is 12.6. The average Bonchev–Trinajstić information content (AvgIpc) is 3.01. The Labute approximate surface area is 154 Å². The summed E-state index contributed by atoms with van der Waals surface area (Å²) in [5, 5.41) is 1.88. The van der Waals surface area contributed by atoms with E-state index in [1.54, 1.807) is 35.4 Å². The molecule has 0 bridgehead atoms. The van der Waals surface area contributed by atoms with Crippen molar-refractivity contribution in [1.29, 1.82) is 0 Å². The highest BCUT2D eigenvalue weighted by molar-refractivity contribution is 7.18. The molecule has 24 heavy (non-hydrogen) atoms. The molecule has 0 radical (unpaired) electrons. The highest BCUT2D eigenvalue weighted by atomic mass is 35.5. The van der Waals surface area contributed by atoms with E-state index < -0.39 is 0 Å². The van der Waals surface area contributed by atoms with Crippen LogP contribution in [-0.4, -0.2) is 22.8 Å². The number of hydrogen-bond donors (Lipinski definition) is 0. The second-order valence-corrected chi connectivity index (χ2v) is 7.50. The van der Waals surface area contributed by atoms with Crippen LogP contribution < -0.4 is 0 Å². The molecule has 0 aliphatic heterocycles. The summed E-state index contributed by atoms with van der Waals surface area (Å²) in [6, 6.07) is 13.2. The molecule has 0 saturated heterocycles. The van der Waals surface area contributed by atoms with Gasteiger partial charge in [0.2, 0.25) is 5.91 Å². The standard InChI is InChI=1S/C18H16Cl2N2OS/c1-11(18-21-15-5-3-4-6-16(15)24-18)22(2)17(23)10-12-7-8-13(19)14(20)9-12/h3-9,11H,10H2,1-2H3/t11-/m0/s1. The average molecular weight is 379 g/mol. The number of carbonyl (C=O) groups excluding carboxylic acids is 1. The summed E-state index contributed by atoms with van der Waals surface area (Å²) in [7, 11) is 1.80. The number of amides is 1. The lowest BCUT2D eigenvalue weighted by Gasteiger charge is -2.23. The lowest BCUT2D eigenvalue weighted by molar-refractivity contribution is -0.131. The Kier molecular flexibility index (Phi) is 5.09. The van der Waals surface area contributed by atoms with Crippen LogP contribution in [0.2, 0.25) is 10.0 Å². The molecule has 1 amide bonds. The number of benzene rings is 2. The van der Waals surface area contributed by atoms with Gasteiger partial charge in [0, 0.05) is 7.05 Å². The van der Waals surface area contributed by atoms with Crippen molar-refractivity contribution in [1.82, 2.24) is 9.88 Å². The number of fused-ring (bicyclic) bond motifs is 1. The molecule has 1 heterocycles. The first-order chi connectivity index (χ1) is 11.5. The molecule has 0 aliphatic carbocycles. The molecule has 0 spiro atoms. The molecule has 0 N–H and O–H groups in total. The molecule has 124 valence electrons. The summed E-state index contributed by atoms with van der Waals surface area (Å²) in [4.78, 5) is 18.9. The molecule has 3 nitrogen and oxygen atoms in total. The molecule has 0 unspecified atom stereocenters. The maximum absolute atomic E-state index is 12.6. The van der Waals surface area contributed by atoms with Gasteiger partial charge in [-0.2, -0.15) is 0 Å². The predicted octanol–water partition coefficient (Wildman–Crippen LogP) is 5.37. The molecule has 3 aromatic rings. The molecule has 6 heteroatoms. The van der Waals surface area contributed by atoms with E-state index in [2.05, 4.69) is 4.98 Å². The van der Waals surface area contributed by atoms with Crippen LogP contribution in [0.4, 0.5) is 0 Å². The summed E-state index contributed by atoms with van der Waals surface area (Å²) in [5.74, 6) is 0.0140. The largest absolute Gasteiger partial charge is 0.336 e. The summed E-state index contributed by atoms with van der Waals surface area (Å²) in [5.41, 5.74) is 1.81. The molecule has 3 rings (SSSR count). The number of carbonyl (C=O) groups is 1. The molecular formula is C18H16Cl2N2OS.